The summed E-state index contributed by atoms with van der Waals surface area (Å²) in [6.45, 7) is 0. The number of carbonyl (C=O) groups is 4. The predicted molar refractivity (Wildman–Crippen MR) is 157 cm³/mol. The van der Waals surface area contributed by atoms with Gasteiger partial charge in [-0.3, -0.25) is 19.2 Å². The van der Waals surface area contributed by atoms with E-state index < -0.39 is 61.3 Å². The number of ketones is 1. The van der Waals surface area contributed by atoms with Crippen LogP contribution in [0.1, 0.15) is 27.1 Å². The molecule has 0 unspecified atom stereocenters. The van der Waals surface area contributed by atoms with E-state index in [2.05, 4.69) is 0 Å². The van der Waals surface area contributed by atoms with Gasteiger partial charge < -0.3 is 0 Å². The second kappa shape index (κ2) is 10.7. The van der Waals surface area contributed by atoms with E-state index in [9.17, 15) is 23.6 Å². The number of allylic oxidation sites excluding steroid dienone is 2. The molecule has 5 rings (SSSR count). The lowest BCUT2D eigenvalue weighted by Crippen LogP contribution is -2.60. The highest BCUT2D eigenvalue weighted by molar-refractivity contribution is 6.66. The number of Topliss-reactive ketones (excluding diaryl/α,β-unsaturated/α-hetero) is 1. The number of fused-ring (bicyclic) bond motifs is 5. The van der Waals surface area contributed by atoms with Crippen LogP contribution in [0.25, 0.3) is 0 Å². The number of amides is 3. The predicted octanol–water partition coefficient (Wildman–Crippen LogP) is 7.16. The average Bonchev–Trinajstić information content (AvgIpc) is 3.32. The van der Waals surface area contributed by atoms with Crippen LogP contribution in [0.2, 0.25) is 5.02 Å². The van der Waals surface area contributed by atoms with Gasteiger partial charge >= 0.3 is 0 Å². The van der Waals surface area contributed by atoms with Gasteiger partial charge in [-0.05, 0) is 42.8 Å². The lowest BCUT2D eigenvalue weighted by molar-refractivity contribution is -0.157. The van der Waals surface area contributed by atoms with Crippen LogP contribution in [-0.4, -0.2) is 59.5 Å². The normalized spacial score (nSPS) is 28.8. The van der Waals surface area contributed by atoms with Crippen LogP contribution in [0, 0.1) is 17.7 Å². The Morgan fingerprint density at radius 2 is 1.39 bits per heavy atom. The van der Waals surface area contributed by atoms with E-state index in [0.717, 1.165) is 12.1 Å². The largest absolute Gasteiger partial charge is 0.292 e. The Balaban J connectivity index is 1.69. The van der Waals surface area contributed by atoms with Crippen molar-refractivity contribution in [2.24, 2.45) is 11.8 Å². The van der Waals surface area contributed by atoms with Crippen LogP contribution in [0.5, 0.6) is 0 Å². The zero-order valence-electron chi connectivity index (χ0n) is 20.2. The molecule has 6 nitrogen and oxygen atoms in total. The fraction of sp³-hybridized carbons (Fsp3) is 0.308. The van der Waals surface area contributed by atoms with Crippen LogP contribution < -0.4 is 0 Å². The molecule has 216 valence electrons. The fourth-order valence-electron chi connectivity index (χ4n) is 5.60. The molecule has 1 aliphatic heterocycles. The second-order valence-electron chi connectivity index (χ2n) is 9.56. The molecule has 3 amide bonds. The number of benzene rings is 2. The molecule has 3 aliphatic rings. The Bertz CT molecular complexity index is 1490. The van der Waals surface area contributed by atoms with E-state index in [1.54, 1.807) is 6.07 Å². The lowest BCUT2D eigenvalue weighted by Gasteiger charge is -2.39. The van der Waals surface area contributed by atoms with E-state index in [4.69, 9.17) is 92.8 Å². The Labute approximate surface area is 273 Å². The monoisotopic (exact) mass is 718 g/mol. The third-order valence-electron chi connectivity index (χ3n) is 7.52. The number of carbonyl (C=O) groups excluding carboxylic acids is 4. The SMILES string of the molecule is O=C(c1ccc(F)cc1)[C@H](CCCl)N(C(=O)c1ccccc1Cl)N1C(=O)[C@H]2[C@H](C1=O)[C@@]1(Cl)C(Cl)=C(Cl)[C@@]2(Cl)C1(Cl)Cl. The van der Waals surface area contributed by atoms with Crippen molar-refractivity contribution in [3.63, 3.8) is 0 Å². The molecule has 1 heterocycles. The molecule has 2 bridgehead atoms. The van der Waals surface area contributed by atoms with Gasteiger partial charge in [0.05, 0.1) is 32.5 Å². The van der Waals surface area contributed by atoms with Gasteiger partial charge in [-0.15, -0.1) is 34.8 Å². The number of halogens is 9. The smallest absolute Gasteiger partial charge is 0.275 e. The molecule has 2 aromatic carbocycles. The van der Waals surface area contributed by atoms with Crippen LogP contribution in [0.15, 0.2) is 58.6 Å². The highest BCUT2D eigenvalue weighted by atomic mass is 35.5. The minimum Gasteiger partial charge on any atom is -0.292 e. The van der Waals surface area contributed by atoms with Crippen molar-refractivity contribution >= 4 is 116 Å². The molecule has 2 aliphatic carbocycles. The van der Waals surface area contributed by atoms with Crippen molar-refractivity contribution in [1.29, 1.82) is 0 Å². The van der Waals surface area contributed by atoms with Gasteiger partial charge in [0.2, 0.25) is 0 Å². The lowest BCUT2D eigenvalue weighted by atomic mass is 9.84. The van der Waals surface area contributed by atoms with E-state index in [1.165, 1.54) is 30.3 Å². The zero-order valence-corrected chi connectivity index (χ0v) is 26.2. The number of hydrogen-bond donors (Lipinski definition) is 0. The van der Waals surface area contributed by atoms with Gasteiger partial charge in [-0.1, -0.05) is 70.1 Å². The van der Waals surface area contributed by atoms with Gasteiger partial charge in [0.25, 0.3) is 17.7 Å². The van der Waals surface area contributed by atoms with Crippen LogP contribution >= 0.6 is 92.8 Å². The Hall–Kier alpha value is -1.29. The number of hydrogen-bond acceptors (Lipinski definition) is 4. The van der Waals surface area contributed by atoms with E-state index in [-0.39, 0.29) is 38.5 Å². The Morgan fingerprint density at radius 1 is 0.878 bits per heavy atom. The first-order valence-electron chi connectivity index (χ1n) is 11.8. The summed E-state index contributed by atoms with van der Waals surface area (Å²) in [5.74, 6) is -7.79. The maximum atomic E-state index is 14.1. The van der Waals surface area contributed by atoms with Gasteiger partial charge in [0.1, 0.15) is 21.6 Å². The standard InChI is InChI=1S/C26H15Cl8FN2O4/c27-10-9-15(18(38)11-5-7-12(35)8-6-11)36(21(39)13-3-1-2-4-14(13)28)37-22(40)16-17(23(37)41)25(32)20(30)19(29)24(16,31)26(25,33)34/h1-8,15-17H,9-10H2/t15-,16+,17+,24+,25+/m0/s1. The molecule has 0 spiro atoms. The highest BCUT2D eigenvalue weighted by Crippen LogP contribution is 2.77. The van der Waals surface area contributed by atoms with Crippen LogP contribution in [0.3, 0.4) is 0 Å². The van der Waals surface area contributed by atoms with E-state index in [1.807, 2.05) is 0 Å². The number of imide groups is 1. The molecule has 0 radical (unpaired) electrons. The molecule has 1 saturated heterocycles. The van der Waals surface area contributed by atoms with Crippen LogP contribution in [0.4, 0.5) is 4.39 Å². The number of alkyl halides is 5. The highest BCUT2D eigenvalue weighted by Gasteiger charge is 2.88. The molecular formula is C26H15Cl8FN2O4. The van der Waals surface area contributed by atoms with Gasteiger partial charge in [-0.25, -0.2) is 9.40 Å². The molecule has 41 heavy (non-hydrogen) atoms. The average molecular weight is 722 g/mol. The van der Waals surface area contributed by atoms with Gasteiger partial charge in [0.15, 0.2) is 10.1 Å². The summed E-state index contributed by atoms with van der Waals surface area (Å²) >= 11 is 51.9. The first-order valence-corrected chi connectivity index (χ1v) is 15.0. The number of hydrazine groups is 1. The number of rotatable bonds is 7. The van der Waals surface area contributed by atoms with E-state index >= 15 is 0 Å². The van der Waals surface area contributed by atoms with Crippen molar-refractivity contribution in [3.8, 4) is 0 Å². The van der Waals surface area contributed by atoms with Crippen molar-refractivity contribution < 1.29 is 23.6 Å². The molecule has 0 aromatic heterocycles. The molecule has 2 fully saturated rings. The molecular weight excluding hydrogens is 707 g/mol. The molecule has 5 atom stereocenters. The third-order valence-corrected chi connectivity index (χ3v) is 12.3. The second-order valence-corrected chi connectivity index (χ2v) is 13.6. The molecule has 1 saturated carbocycles. The van der Waals surface area contributed by atoms with Gasteiger partial charge in [-0.2, -0.15) is 5.01 Å². The topological polar surface area (TPSA) is 74.8 Å². The molecule has 15 heteroatoms. The molecule has 0 N–H and O–H groups in total. The minimum absolute atomic E-state index is 0.0197. The first kappa shape index (κ1) is 31.1. The number of nitrogens with zero attached hydrogens (tertiary/aromatic N) is 2. The van der Waals surface area contributed by atoms with Crippen molar-refractivity contribution in [2.45, 2.75) is 26.5 Å². The van der Waals surface area contributed by atoms with E-state index in [0.29, 0.717) is 10.0 Å². The summed E-state index contributed by atoms with van der Waals surface area (Å²) in [7, 11) is 0. The quantitative estimate of drug-likeness (QED) is 0.173. The minimum atomic E-state index is -2.21. The summed E-state index contributed by atoms with van der Waals surface area (Å²) in [5, 5.41) is 0.472. The van der Waals surface area contributed by atoms with Crippen molar-refractivity contribution in [2.75, 3.05) is 5.88 Å². The summed E-state index contributed by atoms with van der Waals surface area (Å²) in [6, 6.07) is 8.75. The third kappa shape index (κ3) is 4.11. The Morgan fingerprint density at radius 3 is 1.88 bits per heavy atom. The first-order chi connectivity index (χ1) is 19.2. The summed E-state index contributed by atoms with van der Waals surface area (Å²) in [5.41, 5.74) is -0.158. The summed E-state index contributed by atoms with van der Waals surface area (Å²) in [4.78, 5) is 51.9. The van der Waals surface area contributed by atoms with Crippen LogP contribution in [-0.2, 0) is 9.59 Å². The maximum Gasteiger partial charge on any atom is 0.275 e. The van der Waals surface area contributed by atoms with Gasteiger partial charge in [0, 0.05) is 11.4 Å². The maximum absolute atomic E-state index is 14.1. The van der Waals surface area contributed by atoms with Crippen molar-refractivity contribution in [1.82, 2.24) is 10.0 Å². The zero-order chi connectivity index (χ0) is 30.2. The summed E-state index contributed by atoms with van der Waals surface area (Å²) < 4.78 is 11.4. The van der Waals surface area contributed by atoms with Crippen molar-refractivity contribution in [3.05, 3.63) is 80.6 Å². The summed E-state index contributed by atoms with van der Waals surface area (Å²) in [6.07, 6.45) is -0.229. The Kier molecular flexibility index (Phi) is 8.13. The molecule has 2 aromatic rings. The fourth-order valence-corrected chi connectivity index (χ4v) is 8.95.